The van der Waals surface area contributed by atoms with Gasteiger partial charge in [-0.15, -0.1) is 0 Å². The molecule has 2 aromatic rings. The fraction of sp³-hybridized carbons (Fsp3) is 0.250. The lowest BCUT2D eigenvalue weighted by Gasteiger charge is -2.24. The summed E-state index contributed by atoms with van der Waals surface area (Å²) in [5.41, 5.74) is 0.418. The molecule has 0 aliphatic carbocycles. The van der Waals surface area contributed by atoms with Crippen LogP contribution in [0.25, 0.3) is 11.5 Å². The smallest absolute Gasteiger partial charge is 0.229 e. The third kappa shape index (κ3) is 1.51. The first-order valence-corrected chi connectivity index (χ1v) is 5.26. The summed E-state index contributed by atoms with van der Waals surface area (Å²) in [6, 6.07) is 6.50. The van der Waals surface area contributed by atoms with Crippen LogP contribution >= 0.6 is 0 Å². The maximum atomic E-state index is 13.5. The van der Waals surface area contributed by atoms with Gasteiger partial charge in [-0.2, -0.15) is 0 Å². The number of rotatable bonds is 2. The Hall–Kier alpha value is -1.68. The lowest BCUT2D eigenvalue weighted by Crippen LogP contribution is -2.39. The van der Waals surface area contributed by atoms with Gasteiger partial charge in [-0.3, -0.25) is 0 Å². The largest absolute Gasteiger partial charge is 0.441 e. The van der Waals surface area contributed by atoms with E-state index in [1.807, 2.05) is 0 Å². The summed E-state index contributed by atoms with van der Waals surface area (Å²) < 4.78 is 19.0. The first-order valence-electron chi connectivity index (χ1n) is 5.26. The minimum atomic E-state index is -0.303. The molecule has 0 saturated carbocycles. The molecule has 1 aliphatic rings. The molecule has 0 radical (unpaired) electrons. The average Bonchev–Trinajstić information content (AvgIpc) is 2.65. The first kappa shape index (κ1) is 9.54. The summed E-state index contributed by atoms with van der Waals surface area (Å²) in [6.07, 6.45) is 1.69. The van der Waals surface area contributed by atoms with Crippen molar-refractivity contribution >= 4 is 0 Å². The van der Waals surface area contributed by atoms with E-state index < -0.39 is 0 Å². The molecule has 0 amide bonds. The minimum Gasteiger partial charge on any atom is -0.441 e. The van der Waals surface area contributed by atoms with Gasteiger partial charge in [-0.05, 0) is 12.1 Å². The Morgan fingerprint density at radius 3 is 2.81 bits per heavy atom. The maximum Gasteiger partial charge on any atom is 0.229 e. The molecule has 1 aliphatic heterocycles. The van der Waals surface area contributed by atoms with Crippen LogP contribution in [0.2, 0.25) is 0 Å². The van der Waals surface area contributed by atoms with Crippen molar-refractivity contribution in [2.75, 3.05) is 13.1 Å². The van der Waals surface area contributed by atoms with Gasteiger partial charge in [0.1, 0.15) is 11.6 Å². The van der Waals surface area contributed by atoms with Crippen molar-refractivity contribution in [3.05, 3.63) is 42.0 Å². The SMILES string of the molecule is Fc1ccccc1-c1ncc(C2CNC2)o1. The van der Waals surface area contributed by atoms with Crippen LogP contribution in [0.4, 0.5) is 4.39 Å². The van der Waals surface area contributed by atoms with E-state index >= 15 is 0 Å². The van der Waals surface area contributed by atoms with E-state index in [4.69, 9.17) is 4.42 Å². The number of nitrogens with zero attached hydrogens (tertiary/aromatic N) is 1. The van der Waals surface area contributed by atoms with Crippen molar-refractivity contribution in [3.63, 3.8) is 0 Å². The monoisotopic (exact) mass is 218 g/mol. The van der Waals surface area contributed by atoms with E-state index in [9.17, 15) is 4.39 Å². The average molecular weight is 218 g/mol. The van der Waals surface area contributed by atoms with Crippen LogP contribution in [-0.2, 0) is 0 Å². The van der Waals surface area contributed by atoms with E-state index in [0.29, 0.717) is 17.4 Å². The Bertz CT molecular complexity index is 505. The summed E-state index contributed by atoms with van der Waals surface area (Å²) in [5, 5.41) is 3.16. The Labute approximate surface area is 92.3 Å². The van der Waals surface area contributed by atoms with Gasteiger partial charge in [0.15, 0.2) is 0 Å². The van der Waals surface area contributed by atoms with E-state index in [1.165, 1.54) is 6.07 Å². The van der Waals surface area contributed by atoms with E-state index in [2.05, 4.69) is 10.3 Å². The van der Waals surface area contributed by atoms with Gasteiger partial charge >= 0.3 is 0 Å². The Balaban J connectivity index is 1.95. The van der Waals surface area contributed by atoms with Crippen LogP contribution in [0.5, 0.6) is 0 Å². The van der Waals surface area contributed by atoms with Crippen molar-refractivity contribution in [1.29, 1.82) is 0 Å². The van der Waals surface area contributed by atoms with Gasteiger partial charge in [0.25, 0.3) is 0 Å². The lowest BCUT2D eigenvalue weighted by molar-refractivity contribution is 0.372. The molecule has 0 atom stereocenters. The highest BCUT2D eigenvalue weighted by atomic mass is 19.1. The van der Waals surface area contributed by atoms with Crippen molar-refractivity contribution in [3.8, 4) is 11.5 Å². The quantitative estimate of drug-likeness (QED) is 0.839. The van der Waals surface area contributed by atoms with Crippen molar-refractivity contribution in [1.82, 2.24) is 10.3 Å². The number of nitrogens with one attached hydrogen (secondary N) is 1. The molecule has 1 saturated heterocycles. The predicted octanol–water partition coefficient (Wildman–Crippen LogP) is 2.17. The van der Waals surface area contributed by atoms with Crippen LogP contribution < -0.4 is 5.32 Å². The molecule has 3 nitrogen and oxygen atoms in total. The predicted molar refractivity (Wildman–Crippen MR) is 57.5 cm³/mol. The molecule has 0 bridgehead atoms. The number of hydrogen-bond donors (Lipinski definition) is 1. The second kappa shape index (κ2) is 3.72. The topological polar surface area (TPSA) is 38.1 Å². The van der Waals surface area contributed by atoms with Crippen LogP contribution in [-0.4, -0.2) is 18.1 Å². The molecule has 16 heavy (non-hydrogen) atoms. The molecule has 1 N–H and O–H groups in total. The lowest BCUT2D eigenvalue weighted by atomic mass is 10.0. The molecule has 1 fully saturated rings. The van der Waals surface area contributed by atoms with E-state index in [1.54, 1.807) is 24.4 Å². The maximum absolute atomic E-state index is 13.5. The van der Waals surface area contributed by atoms with Gasteiger partial charge in [0.2, 0.25) is 5.89 Å². The highest BCUT2D eigenvalue weighted by molar-refractivity contribution is 5.53. The van der Waals surface area contributed by atoms with Crippen LogP contribution in [0.3, 0.4) is 0 Å². The Morgan fingerprint density at radius 2 is 2.12 bits per heavy atom. The third-order valence-electron chi connectivity index (χ3n) is 2.81. The highest BCUT2D eigenvalue weighted by Crippen LogP contribution is 2.26. The zero-order valence-corrected chi connectivity index (χ0v) is 8.61. The molecule has 2 heterocycles. The second-order valence-corrected chi connectivity index (χ2v) is 3.90. The molecule has 4 heteroatoms. The number of aromatic nitrogens is 1. The van der Waals surface area contributed by atoms with Crippen molar-refractivity contribution in [2.45, 2.75) is 5.92 Å². The number of halogens is 1. The van der Waals surface area contributed by atoms with E-state index in [-0.39, 0.29) is 5.82 Å². The normalized spacial score (nSPS) is 16.1. The molecule has 3 rings (SSSR count). The fourth-order valence-corrected chi connectivity index (χ4v) is 1.72. The van der Waals surface area contributed by atoms with Crippen LogP contribution in [0, 0.1) is 5.82 Å². The van der Waals surface area contributed by atoms with Crippen LogP contribution in [0.1, 0.15) is 11.7 Å². The summed E-state index contributed by atoms with van der Waals surface area (Å²) in [4.78, 5) is 4.12. The molecule has 82 valence electrons. The van der Waals surface area contributed by atoms with Crippen molar-refractivity contribution in [2.24, 2.45) is 0 Å². The Kier molecular flexibility index (Phi) is 2.22. The van der Waals surface area contributed by atoms with Gasteiger partial charge < -0.3 is 9.73 Å². The fourth-order valence-electron chi connectivity index (χ4n) is 1.72. The van der Waals surface area contributed by atoms with Crippen LogP contribution in [0.15, 0.2) is 34.9 Å². The molecule has 0 spiro atoms. The summed E-state index contributed by atoms with van der Waals surface area (Å²) in [7, 11) is 0. The van der Waals surface area contributed by atoms with Gasteiger partial charge in [-0.1, -0.05) is 12.1 Å². The van der Waals surface area contributed by atoms with Crippen molar-refractivity contribution < 1.29 is 8.81 Å². The zero-order chi connectivity index (χ0) is 11.0. The molecule has 1 aromatic heterocycles. The summed E-state index contributed by atoms with van der Waals surface area (Å²) in [6.45, 7) is 1.82. The first-order chi connectivity index (χ1) is 7.84. The molecule has 1 aromatic carbocycles. The standard InChI is InChI=1S/C12H11FN2O/c13-10-4-2-1-3-9(10)12-15-7-11(16-12)8-5-14-6-8/h1-4,7-8,14H,5-6H2. The molecular formula is C12H11FN2O. The minimum absolute atomic E-state index is 0.303. The zero-order valence-electron chi connectivity index (χ0n) is 8.61. The highest BCUT2D eigenvalue weighted by Gasteiger charge is 2.23. The second-order valence-electron chi connectivity index (χ2n) is 3.90. The summed E-state index contributed by atoms with van der Waals surface area (Å²) >= 11 is 0. The number of benzene rings is 1. The molecule has 0 unspecified atom stereocenters. The van der Waals surface area contributed by atoms with Gasteiger partial charge in [-0.25, -0.2) is 9.37 Å². The van der Waals surface area contributed by atoms with Gasteiger partial charge in [0.05, 0.1) is 11.8 Å². The van der Waals surface area contributed by atoms with E-state index in [0.717, 1.165) is 18.8 Å². The Morgan fingerprint density at radius 1 is 1.31 bits per heavy atom. The number of oxazole rings is 1. The third-order valence-corrected chi connectivity index (χ3v) is 2.81. The number of hydrogen-bond acceptors (Lipinski definition) is 3. The van der Waals surface area contributed by atoms with Gasteiger partial charge in [0, 0.05) is 19.0 Å². The molecular weight excluding hydrogens is 207 g/mol. The summed E-state index contributed by atoms with van der Waals surface area (Å²) in [5.74, 6) is 1.27.